The average molecular weight is 1120 g/mol. The van der Waals surface area contributed by atoms with Crippen LogP contribution in [0.2, 0.25) is 0 Å². The molecule has 0 aliphatic carbocycles. The highest BCUT2D eigenvalue weighted by Crippen LogP contribution is 2.36. The van der Waals surface area contributed by atoms with E-state index in [2.05, 4.69) is 59.9 Å². The SMILES string of the molecule is CCOCCOCCOCCOCCOCCOCCOCC(CNC(=O)COCCOCCOCCOCCOCc1ccc2ccc3cccc4ccc1c2c34)OCCOCCOCCOCCOCCOCCOCC. The lowest BCUT2D eigenvalue weighted by Crippen LogP contribution is -2.39. The summed E-state index contributed by atoms with van der Waals surface area (Å²) in [5.74, 6) is -0.282. The Bertz CT molecular complexity index is 1990. The summed E-state index contributed by atoms with van der Waals surface area (Å²) in [6, 6.07) is 19.5. The first-order chi connectivity index (χ1) is 39.2. The standard InChI is InChI=1S/C58H93NO20/c1-3-61-14-16-63-18-20-65-22-24-67-26-27-69-31-34-73-39-42-77-48-54(79-45-44-75-37-36-71-29-28-68-25-23-66-21-19-64-17-15-62-4-2)46-59-56(60)49-78-43-40-74-35-32-70-30-33-72-38-41-76-47-53-11-10-52-9-8-50-6-5-7-51-12-13-55(53)58(52)57(50)51/h5-13,54H,3-4,14-49H2,1-2H3,(H,59,60). The van der Waals surface area contributed by atoms with Crippen LogP contribution in [0.4, 0.5) is 0 Å². The number of rotatable bonds is 59. The fraction of sp³-hybridized carbons (Fsp3) is 0.707. The van der Waals surface area contributed by atoms with Crippen LogP contribution in [0.25, 0.3) is 32.3 Å². The third-order valence-corrected chi connectivity index (χ3v) is 11.5. The second kappa shape index (κ2) is 49.3. The molecule has 0 heterocycles. The molecule has 0 aliphatic rings. The molecule has 0 aliphatic heterocycles. The highest BCUT2D eigenvalue weighted by molar-refractivity contribution is 6.23. The molecule has 4 aromatic carbocycles. The van der Waals surface area contributed by atoms with Crippen molar-refractivity contribution in [3.63, 3.8) is 0 Å². The number of carbonyl (C=O) groups excluding carboxylic acids is 1. The molecule has 450 valence electrons. The van der Waals surface area contributed by atoms with Crippen molar-refractivity contribution in [2.75, 3.05) is 244 Å². The molecule has 79 heavy (non-hydrogen) atoms. The first-order valence-corrected chi connectivity index (χ1v) is 28.1. The average Bonchev–Trinajstić information content (AvgIpc) is 3.57. The lowest BCUT2D eigenvalue weighted by atomic mass is 9.92. The van der Waals surface area contributed by atoms with Crippen LogP contribution in [-0.2, 0) is 101 Å². The molecule has 0 saturated carbocycles. The molecule has 4 aromatic rings. The molecule has 1 N–H and O–H groups in total. The van der Waals surface area contributed by atoms with Crippen molar-refractivity contribution < 1.29 is 94.8 Å². The first kappa shape index (κ1) is 68.1. The Hall–Kier alpha value is -3.37. The molecule has 0 fully saturated rings. The Morgan fingerprint density at radius 2 is 0.684 bits per heavy atom. The van der Waals surface area contributed by atoms with Gasteiger partial charge in [-0.15, -0.1) is 0 Å². The molecule has 1 amide bonds. The molecule has 1 atom stereocenters. The zero-order valence-electron chi connectivity index (χ0n) is 47.3. The van der Waals surface area contributed by atoms with Crippen molar-refractivity contribution in [3.8, 4) is 0 Å². The Kier molecular flexibility index (Phi) is 42.5. The summed E-state index contributed by atoms with van der Waals surface area (Å²) in [7, 11) is 0. The van der Waals surface area contributed by atoms with Gasteiger partial charge in [0.25, 0.3) is 0 Å². The Morgan fingerprint density at radius 3 is 1.10 bits per heavy atom. The van der Waals surface area contributed by atoms with Gasteiger partial charge in [-0.1, -0.05) is 54.6 Å². The number of hydrogen-bond acceptors (Lipinski definition) is 20. The van der Waals surface area contributed by atoms with Crippen molar-refractivity contribution in [1.29, 1.82) is 0 Å². The van der Waals surface area contributed by atoms with Gasteiger partial charge in [0, 0.05) is 19.8 Å². The lowest BCUT2D eigenvalue weighted by molar-refractivity contribution is -0.127. The van der Waals surface area contributed by atoms with Gasteiger partial charge < -0.3 is 95.3 Å². The lowest BCUT2D eigenvalue weighted by Gasteiger charge is -2.19. The molecular formula is C58H93NO20. The summed E-state index contributed by atoms with van der Waals surface area (Å²) < 4.78 is 106. The Morgan fingerprint density at radius 1 is 0.354 bits per heavy atom. The summed E-state index contributed by atoms with van der Waals surface area (Å²) in [5.41, 5.74) is 1.17. The fourth-order valence-electron chi connectivity index (χ4n) is 7.58. The van der Waals surface area contributed by atoms with E-state index in [9.17, 15) is 4.79 Å². The van der Waals surface area contributed by atoms with Gasteiger partial charge in [-0.25, -0.2) is 0 Å². The number of ether oxygens (including phenoxy) is 19. The highest BCUT2D eigenvalue weighted by atomic mass is 16.6. The van der Waals surface area contributed by atoms with Crippen molar-refractivity contribution in [2.24, 2.45) is 0 Å². The zero-order valence-corrected chi connectivity index (χ0v) is 47.3. The van der Waals surface area contributed by atoms with Crippen molar-refractivity contribution in [1.82, 2.24) is 5.32 Å². The van der Waals surface area contributed by atoms with Crippen LogP contribution >= 0.6 is 0 Å². The van der Waals surface area contributed by atoms with Crippen LogP contribution in [0.3, 0.4) is 0 Å². The quantitative estimate of drug-likeness (QED) is 0.0460. The van der Waals surface area contributed by atoms with Crippen molar-refractivity contribution >= 4 is 38.2 Å². The number of amides is 1. The van der Waals surface area contributed by atoms with Gasteiger partial charge >= 0.3 is 0 Å². The van der Waals surface area contributed by atoms with E-state index in [4.69, 9.17) is 90.0 Å². The van der Waals surface area contributed by atoms with E-state index in [0.29, 0.717) is 225 Å². The van der Waals surface area contributed by atoms with Gasteiger partial charge in [0.05, 0.1) is 231 Å². The van der Waals surface area contributed by atoms with E-state index in [1.807, 2.05) is 13.8 Å². The molecule has 4 rings (SSSR count). The van der Waals surface area contributed by atoms with E-state index in [0.717, 1.165) is 0 Å². The summed E-state index contributed by atoms with van der Waals surface area (Å²) >= 11 is 0. The predicted octanol–water partition coefficient (Wildman–Crippen LogP) is 4.92. The number of hydrogen-bond donors (Lipinski definition) is 1. The van der Waals surface area contributed by atoms with Crippen LogP contribution in [0.15, 0.2) is 54.6 Å². The number of carbonyl (C=O) groups is 1. The van der Waals surface area contributed by atoms with Gasteiger partial charge in [0.1, 0.15) is 6.61 Å². The van der Waals surface area contributed by atoms with Crippen LogP contribution in [0.5, 0.6) is 0 Å². The zero-order chi connectivity index (χ0) is 55.6. The summed E-state index contributed by atoms with van der Waals surface area (Å²) in [4.78, 5) is 12.6. The number of nitrogens with one attached hydrogen (secondary N) is 1. The van der Waals surface area contributed by atoms with Crippen LogP contribution in [-0.4, -0.2) is 256 Å². The highest BCUT2D eigenvalue weighted by Gasteiger charge is 2.14. The maximum Gasteiger partial charge on any atom is 0.246 e. The Balaban J connectivity index is 0.953. The van der Waals surface area contributed by atoms with Gasteiger partial charge in [0.2, 0.25) is 5.91 Å². The summed E-state index contributed by atoms with van der Waals surface area (Å²) in [6.07, 6.45) is -0.427. The van der Waals surface area contributed by atoms with Crippen molar-refractivity contribution in [2.45, 2.75) is 26.6 Å². The van der Waals surface area contributed by atoms with Crippen LogP contribution < -0.4 is 5.32 Å². The molecule has 21 nitrogen and oxygen atoms in total. The molecule has 0 radical (unpaired) electrons. The largest absolute Gasteiger partial charge is 0.379 e. The fourth-order valence-corrected chi connectivity index (χ4v) is 7.58. The molecule has 0 aromatic heterocycles. The molecule has 0 bridgehead atoms. The first-order valence-electron chi connectivity index (χ1n) is 28.1. The maximum atomic E-state index is 12.6. The van der Waals surface area contributed by atoms with E-state index >= 15 is 0 Å². The molecule has 0 saturated heterocycles. The Labute approximate surface area is 468 Å². The van der Waals surface area contributed by atoms with E-state index in [-0.39, 0.29) is 32.3 Å². The maximum absolute atomic E-state index is 12.6. The van der Waals surface area contributed by atoms with Crippen LogP contribution in [0.1, 0.15) is 19.4 Å². The van der Waals surface area contributed by atoms with Gasteiger partial charge in [-0.05, 0) is 51.7 Å². The van der Waals surface area contributed by atoms with Crippen molar-refractivity contribution in [3.05, 3.63) is 60.2 Å². The normalized spacial score (nSPS) is 12.3. The molecule has 1 unspecified atom stereocenters. The molecular weight excluding hydrogens is 1030 g/mol. The third-order valence-electron chi connectivity index (χ3n) is 11.5. The van der Waals surface area contributed by atoms with Crippen LogP contribution in [0, 0.1) is 0 Å². The van der Waals surface area contributed by atoms with E-state index < -0.39 is 6.10 Å². The molecule has 0 spiro atoms. The molecule has 21 heteroatoms. The number of benzene rings is 4. The van der Waals surface area contributed by atoms with E-state index in [1.165, 1.54) is 37.9 Å². The van der Waals surface area contributed by atoms with Gasteiger partial charge in [0.15, 0.2) is 0 Å². The minimum Gasteiger partial charge on any atom is -0.379 e. The second-order valence-corrected chi connectivity index (χ2v) is 17.4. The van der Waals surface area contributed by atoms with Gasteiger partial charge in [-0.2, -0.15) is 0 Å². The topological polar surface area (TPSA) is 204 Å². The smallest absolute Gasteiger partial charge is 0.246 e. The van der Waals surface area contributed by atoms with Gasteiger partial charge in [-0.3, -0.25) is 4.79 Å². The second-order valence-electron chi connectivity index (χ2n) is 17.4. The van der Waals surface area contributed by atoms with E-state index in [1.54, 1.807) is 0 Å². The summed E-state index contributed by atoms with van der Waals surface area (Å²) in [6.45, 7) is 20.6. The monoisotopic (exact) mass is 1120 g/mol. The predicted molar refractivity (Wildman–Crippen MR) is 298 cm³/mol. The minimum atomic E-state index is -0.427. The third kappa shape index (κ3) is 34.0. The summed E-state index contributed by atoms with van der Waals surface area (Å²) in [5, 5.41) is 10.4. The minimum absolute atomic E-state index is 0.123.